The Morgan fingerprint density at radius 3 is 2.57 bits per heavy atom. The summed E-state index contributed by atoms with van der Waals surface area (Å²) in [5.41, 5.74) is 5.93. The number of carbonyl (C=O) groups is 2. The van der Waals surface area contributed by atoms with E-state index in [1.165, 1.54) is 30.5 Å². The predicted octanol–water partition coefficient (Wildman–Crippen LogP) is 3.42. The molecular weight excluding hydrogens is 365 g/mol. The van der Waals surface area contributed by atoms with Crippen molar-refractivity contribution in [3.05, 3.63) is 51.1 Å². The average Bonchev–Trinajstić information content (AvgIpc) is 2.48. The van der Waals surface area contributed by atoms with Crippen LogP contribution in [0.4, 0.5) is 11.5 Å². The van der Waals surface area contributed by atoms with E-state index in [1.54, 1.807) is 0 Å². The number of carbonyl (C=O) groups excluding carboxylic acids is 2. The first-order valence-electron chi connectivity index (χ1n) is 6.20. The van der Waals surface area contributed by atoms with Gasteiger partial charge in [-0.3, -0.25) is 4.79 Å². The molecule has 0 radical (unpaired) electrons. The van der Waals surface area contributed by atoms with Crippen molar-refractivity contribution in [1.82, 2.24) is 4.98 Å². The predicted molar refractivity (Wildman–Crippen MR) is 89.0 cm³/mol. The fourth-order valence-corrected chi connectivity index (χ4v) is 2.21. The lowest BCUT2D eigenvalue weighted by molar-refractivity contribution is -0.119. The van der Waals surface area contributed by atoms with Crippen molar-refractivity contribution in [2.24, 2.45) is 0 Å². The van der Waals surface area contributed by atoms with Gasteiger partial charge >= 0.3 is 5.97 Å². The lowest BCUT2D eigenvalue weighted by Gasteiger charge is -2.08. The second-order valence-corrected chi connectivity index (χ2v) is 5.62. The molecule has 2 aromatic rings. The van der Waals surface area contributed by atoms with Crippen molar-refractivity contribution >= 4 is 58.2 Å². The number of benzene rings is 1. The molecule has 6 nitrogen and oxygen atoms in total. The number of halogens is 3. The third-order valence-corrected chi connectivity index (χ3v) is 3.36. The smallest absolute Gasteiger partial charge is 0.340 e. The largest absolute Gasteiger partial charge is 0.452 e. The van der Waals surface area contributed by atoms with Gasteiger partial charge in [-0.1, -0.05) is 34.8 Å². The molecule has 0 spiro atoms. The van der Waals surface area contributed by atoms with Crippen LogP contribution in [0.1, 0.15) is 10.4 Å². The average molecular weight is 375 g/mol. The molecule has 0 aliphatic heterocycles. The number of anilines is 2. The summed E-state index contributed by atoms with van der Waals surface area (Å²) in [4.78, 5) is 27.5. The first-order valence-corrected chi connectivity index (χ1v) is 7.33. The van der Waals surface area contributed by atoms with Crippen LogP contribution in [-0.4, -0.2) is 23.5 Å². The number of hydrogen-bond acceptors (Lipinski definition) is 5. The Bertz CT molecular complexity index is 768. The summed E-state index contributed by atoms with van der Waals surface area (Å²) < 4.78 is 4.88. The van der Waals surface area contributed by atoms with Crippen molar-refractivity contribution in [2.75, 3.05) is 17.7 Å². The Kier molecular flexibility index (Phi) is 5.65. The van der Waals surface area contributed by atoms with Crippen LogP contribution in [0.5, 0.6) is 0 Å². The minimum absolute atomic E-state index is 0.114. The van der Waals surface area contributed by atoms with Crippen molar-refractivity contribution in [1.29, 1.82) is 0 Å². The SMILES string of the molecule is Nc1cc(Cl)ccc1C(=O)OCC(=O)Nc1ncc(Cl)cc1Cl. The zero-order valence-corrected chi connectivity index (χ0v) is 13.7. The van der Waals surface area contributed by atoms with E-state index in [9.17, 15) is 9.59 Å². The highest BCUT2D eigenvalue weighted by Gasteiger charge is 2.14. The number of esters is 1. The normalized spacial score (nSPS) is 10.2. The molecule has 1 aromatic heterocycles. The Morgan fingerprint density at radius 2 is 1.91 bits per heavy atom. The summed E-state index contributed by atoms with van der Waals surface area (Å²) in [5.74, 6) is -1.24. The highest BCUT2D eigenvalue weighted by molar-refractivity contribution is 6.36. The maximum absolute atomic E-state index is 11.9. The topological polar surface area (TPSA) is 94.3 Å². The molecule has 2 rings (SSSR count). The quantitative estimate of drug-likeness (QED) is 0.631. The number of nitrogens with one attached hydrogen (secondary N) is 1. The molecule has 0 aliphatic carbocycles. The van der Waals surface area contributed by atoms with Gasteiger partial charge in [-0.05, 0) is 24.3 Å². The van der Waals surface area contributed by atoms with Gasteiger partial charge in [0.15, 0.2) is 12.4 Å². The number of nitrogens with two attached hydrogens (primary N) is 1. The third kappa shape index (κ3) is 4.72. The van der Waals surface area contributed by atoms with Gasteiger partial charge in [0, 0.05) is 16.9 Å². The van der Waals surface area contributed by atoms with E-state index in [-0.39, 0.29) is 22.1 Å². The molecule has 0 fully saturated rings. The first-order chi connectivity index (χ1) is 10.9. The van der Waals surface area contributed by atoms with E-state index in [4.69, 9.17) is 45.3 Å². The van der Waals surface area contributed by atoms with Crippen LogP contribution in [0.15, 0.2) is 30.5 Å². The molecule has 1 heterocycles. The van der Waals surface area contributed by atoms with Crippen LogP contribution in [0, 0.1) is 0 Å². The molecule has 3 N–H and O–H groups in total. The molecule has 0 bridgehead atoms. The Morgan fingerprint density at radius 1 is 1.17 bits per heavy atom. The standard InChI is InChI=1S/C14H10Cl3N3O3/c15-7-1-2-9(11(18)4-7)14(22)23-6-12(21)20-13-10(17)3-8(16)5-19-13/h1-5H,6,18H2,(H,19,20,21). The summed E-state index contributed by atoms with van der Waals surface area (Å²) in [6.45, 7) is -0.526. The molecule has 0 saturated carbocycles. The minimum Gasteiger partial charge on any atom is -0.452 e. The number of rotatable bonds is 4. The van der Waals surface area contributed by atoms with Crippen LogP contribution in [0.3, 0.4) is 0 Å². The van der Waals surface area contributed by atoms with E-state index in [0.717, 1.165) is 0 Å². The van der Waals surface area contributed by atoms with Gasteiger partial charge < -0.3 is 15.8 Å². The van der Waals surface area contributed by atoms with Gasteiger partial charge in [0.25, 0.3) is 5.91 Å². The highest BCUT2D eigenvalue weighted by atomic mass is 35.5. The summed E-state index contributed by atoms with van der Waals surface area (Å²) in [6.07, 6.45) is 1.32. The van der Waals surface area contributed by atoms with Gasteiger partial charge in [0.2, 0.25) is 0 Å². The van der Waals surface area contributed by atoms with Crippen molar-refractivity contribution < 1.29 is 14.3 Å². The van der Waals surface area contributed by atoms with Gasteiger partial charge in [0.1, 0.15) is 0 Å². The third-order valence-electron chi connectivity index (χ3n) is 2.63. The van der Waals surface area contributed by atoms with E-state index in [1.807, 2.05) is 0 Å². The van der Waals surface area contributed by atoms with E-state index >= 15 is 0 Å². The monoisotopic (exact) mass is 373 g/mol. The van der Waals surface area contributed by atoms with Gasteiger partial charge in [-0.2, -0.15) is 0 Å². The summed E-state index contributed by atoms with van der Waals surface area (Å²) in [7, 11) is 0. The number of nitrogens with zero attached hydrogens (tertiary/aromatic N) is 1. The molecule has 0 saturated heterocycles. The number of amides is 1. The van der Waals surface area contributed by atoms with Crippen LogP contribution < -0.4 is 11.1 Å². The van der Waals surface area contributed by atoms with Crippen molar-refractivity contribution in [3.8, 4) is 0 Å². The molecule has 23 heavy (non-hydrogen) atoms. The Balaban J connectivity index is 1.94. The zero-order chi connectivity index (χ0) is 17.0. The molecule has 1 aromatic carbocycles. The lowest BCUT2D eigenvalue weighted by atomic mass is 10.2. The summed E-state index contributed by atoms with van der Waals surface area (Å²) in [5, 5.41) is 3.28. The molecular formula is C14H10Cl3N3O3. The Labute approximate surface area is 146 Å². The fraction of sp³-hybridized carbons (Fsp3) is 0.0714. The number of pyridine rings is 1. The Hall–Kier alpha value is -2.02. The second kappa shape index (κ2) is 7.50. The second-order valence-electron chi connectivity index (χ2n) is 4.34. The van der Waals surface area contributed by atoms with Crippen molar-refractivity contribution in [2.45, 2.75) is 0 Å². The molecule has 0 unspecified atom stereocenters. The number of nitrogen functional groups attached to an aromatic ring is 1. The summed E-state index contributed by atoms with van der Waals surface area (Å²) >= 11 is 17.3. The van der Waals surface area contributed by atoms with E-state index in [0.29, 0.717) is 10.0 Å². The maximum Gasteiger partial charge on any atom is 0.340 e. The fourth-order valence-electron chi connectivity index (χ4n) is 1.60. The number of aromatic nitrogens is 1. The number of ether oxygens (including phenoxy) is 1. The van der Waals surface area contributed by atoms with Crippen LogP contribution in [0.25, 0.3) is 0 Å². The number of hydrogen-bond donors (Lipinski definition) is 2. The van der Waals surface area contributed by atoms with Crippen LogP contribution in [0.2, 0.25) is 15.1 Å². The first kappa shape index (κ1) is 17.3. The van der Waals surface area contributed by atoms with Crippen molar-refractivity contribution in [3.63, 3.8) is 0 Å². The molecule has 120 valence electrons. The van der Waals surface area contributed by atoms with E-state index in [2.05, 4.69) is 10.3 Å². The maximum atomic E-state index is 11.9. The zero-order valence-electron chi connectivity index (χ0n) is 11.5. The molecule has 0 aliphatic rings. The van der Waals surface area contributed by atoms with Crippen LogP contribution in [-0.2, 0) is 9.53 Å². The van der Waals surface area contributed by atoms with E-state index < -0.39 is 18.5 Å². The minimum atomic E-state index is -0.746. The van der Waals surface area contributed by atoms with Gasteiger partial charge in [-0.15, -0.1) is 0 Å². The van der Waals surface area contributed by atoms with Gasteiger partial charge in [-0.25, -0.2) is 9.78 Å². The highest BCUT2D eigenvalue weighted by Crippen LogP contribution is 2.22. The molecule has 1 amide bonds. The molecule has 0 atom stereocenters. The molecule has 9 heteroatoms. The van der Waals surface area contributed by atoms with Gasteiger partial charge in [0.05, 0.1) is 15.6 Å². The lowest BCUT2D eigenvalue weighted by Crippen LogP contribution is -2.22. The summed E-state index contributed by atoms with van der Waals surface area (Å²) in [6, 6.07) is 5.74. The van der Waals surface area contributed by atoms with Crippen LogP contribution >= 0.6 is 34.8 Å².